The van der Waals surface area contributed by atoms with Crippen LogP contribution < -0.4 is 11.1 Å². The van der Waals surface area contributed by atoms with E-state index in [2.05, 4.69) is 35.9 Å². The van der Waals surface area contributed by atoms with Gasteiger partial charge in [-0.2, -0.15) is 0 Å². The van der Waals surface area contributed by atoms with Crippen LogP contribution in [-0.4, -0.2) is 16.4 Å². The number of nitrogens with two attached hydrogens (primary N) is 1. The molecule has 0 aliphatic rings. The highest BCUT2D eigenvalue weighted by molar-refractivity contribution is 6.17. The molecule has 0 aliphatic heterocycles. The number of fused-ring (bicyclic) bond motifs is 3. The number of carbonyl (C=O) groups is 2. The Labute approximate surface area is 175 Å². The Morgan fingerprint density at radius 3 is 2.57 bits per heavy atom. The molecule has 0 bridgehead atoms. The molecule has 2 amide bonds. The standard InChI is InChI=1S/C25H24N3O2/c1-15(2)18-10-11-20-23(13-18)28(22-9-5-8-21(24(20)22)25(26)30)14-17-6-4-7-19(12-17)27-16(3)29/h4-10,12-13,15H,14H2,1-3H3,(H2,26,30)(H,27,29). The molecule has 0 fully saturated rings. The van der Waals surface area contributed by atoms with Crippen LogP contribution in [0.5, 0.6) is 0 Å². The maximum atomic E-state index is 12.1. The van der Waals surface area contributed by atoms with Gasteiger partial charge in [0.05, 0.1) is 11.0 Å². The number of rotatable bonds is 5. The summed E-state index contributed by atoms with van der Waals surface area (Å²) in [6.07, 6.45) is 0. The Morgan fingerprint density at radius 1 is 1.10 bits per heavy atom. The second kappa shape index (κ2) is 7.67. The second-order valence-corrected chi connectivity index (χ2v) is 7.88. The molecule has 1 heterocycles. The van der Waals surface area contributed by atoms with Gasteiger partial charge in [0.25, 0.3) is 0 Å². The summed E-state index contributed by atoms with van der Waals surface area (Å²) in [5, 5.41) is 4.55. The monoisotopic (exact) mass is 398 g/mol. The highest BCUT2D eigenvalue weighted by Gasteiger charge is 2.17. The van der Waals surface area contributed by atoms with Gasteiger partial charge in [-0.05, 0) is 53.4 Å². The summed E-state index contributed by atoms with van der Waals surface area (Å²) in [6.45, 7) is 6.38. The van der Waals surface area contributed by atoms with Crippen LogP contribution >= 0.6 is 0 Å². The van der Waals surface area contributed by atoms with Crippen molar-refractivity contribution in [1.29, 1.82) is 0 Å². The zero-order valence-electron chi connectivity index (χ0n) is 17.3. The largest absolute Gasteiger partial charge is 0.366 e. The molecule has 0 spiro atoms. The number of hydrogen-bond acceptors (Lipinski definition) is 2. The number of amides is 2. The summed E-state index contributed by atoms with van der Waals surface area (Å²) >= 11 is 0. The minimum absolute atomic E-state index is 0.105. The molecule has 5 heteroatoms. The lowest BCUT2D eigenvalue weighted by Crippen LogP contribution is -2.11. The van der Waals surface area contributed by atoms with Gasteiger partial charge in [0.2, 0.25) is 11.8 Å². The molecule has 0 saturated heterocycles. The normalized spacial score (nSPS) is 11.3. The van der Waals surface area contributed by atoms with Gasteiger partial charge in [0, 0.05) is 35.5 Å². The zero-order chi connectivity index (χ0) is 21.4. The van der Waals surface area contributed by atoms with E-state index in [0.717, 1.165) is 33.1 Å². The number of benzene rings is 3. The maximum absolute atomic E-state index is 12.1. The summed E-state index contributed by atoms with van der Waals surface area (Å²) < 4.78 is 2.19. The van der Waals surface area contributed by atoms with Crippen molar-refractivity contribution >= 4 is 39.3 Å². The molecule has 151 valence electrons. The summed E-state index contributed by atoms with van der Waals surface area (Å²) in [5.41, 5.74) is 11.1. The number of carbonyl (C=O) groups excluding carboxylic acids is 2. The predicted octanol–water partition coefficient (Wildman–Crippen LogP) is 4.82. The zero-order valence-corrected chi connectivity index (χ0v) is 17.3. The fourth-order valence-electron chi connectivity index (χ4n) is 3.91. The molecule has 1 radical (unpaired) electrons. The van der Waals surface area contributed by atoms with Crippen molar-refractivity contribution in [3.8, 4) is 0 Å². The first-order valence-corrected chi connectivity index (χ1v) is 9.98. The molecule has 0 unspecified atom stereocenters. The van der Waals surface area contributed by atoms with Crippen LogP contribution in [-0.2, 0) is 11.3 Å². The Balaban J connectivity index is 1.95. The summed E-state index contributed by atoms with van der Waals surface area (Å²) in [7, 11) is 0. The Kier molecular flexibility index (Phi) is 5.04. The number of primary amides is 1. The summed E-state index contributed by atoms with van der Waals surface area (Å²) in [6, 6.07) is 21.0. The van der Waals surface area contributed by atoms with Crippen LogP contribution in [0.25, 0.3) is 21.8 Å². The van der Waals surface area contributed by atoms with Crippen molar-refractivity contribution in [3.05, 3.63) is 77.4 Å². The average Bonchev–Trinajstić information content (AvgIpc) is 3.01. The molecule has 30 heavy (non-hydrogen) atoms. The maximum Gasteiger partial charge on any atom is 0.249 e. The first-order valence-electron chi connectivity index (χ1n) is 9.98. The molecule has 4 aromatic rings. The van der Waals surface area contributed by atoms with E-state index in [-0.39, 0.29) is 5.91 Å². The van der Waals surface area contributed by atoms with E-state index >= 15 is 0 Å². The van der Waals surface area contributed by atoms with E-state index in [0.29, 0.717) is 18.0 Å². The van der Waals surface area contributed by atoms with E-state index in [1.807, 2.05) is 42.5 Å². The molecular weight excluding hydrogens is 374 g/mol. The predicted molar refractivity (Wildman–Crippen MR) is 121 cm³/mol. The van der Waals surface area contributed by atoms with Crippen molar-refractivity contribution in [2.75, 3.05) is 5.32 Å². The third-order valence-corrected chi connectivity index (χ3v) is 5.34. The van der Waals surface area contributed by atoms with Gasteiger partial charge in [-0.1, -0.05) is 38.1 Å². The van der Waals surface area contributed by atoms with Crippen molar-refractivity contribution in [2.24, 2.45) is 5.73 Å². The van der Waals surface area contributed by atoms with Gasteiger partial charge >= 0.3 is 0 Å². The first kappa shape index (κ1) is 19.7. The quantitative estimate of drug-likeness (QED) is 0.505. The van der Waals surface area contributed by atoms with E-state index in [1.54, 1.807) is 6.07 Å². The molecule has 4 rings (SSSR count). The Hall–Kier alpha value is -3.60. The minimum atomic E-state index is -0.450. The third kappa shape index (κ3) is 3.54. The molecule has 5 nitrogen and oxygen atoms in total. The van der Waals surface area contributed by atoms with Gasteiger partial charge in [-0.15, -0.1) is 0 Å². The molecule has 0 saturated carbocycles. The lowest BCUT2D eigenvalue weighted by atomic mass is 10.00. The van der Waals surface area contributed by atoms with E-state index < -0.39 is 5.91 Å². The molecule has 0 aliphatic carbocycles. The molecule has 1 aromatic heterocycles. The fourth-order valence-corrected chi connectivity index (χ4v) is 3.91. The number of hydrogen-bond donors (Lipinski definition) is 2. The van der Waals surface area contributed by atoms with Crippen LogP contribution in [0, 0.1) is 6.07 Å². The van der Waals surface area contributed by atoms with Crippen molar-refractivity contribution in [2.45, 2.75) is 33.2 Å². The van der Waals surface area contributed by atoms with Crippen molar-refractivity contribution < 1.29 is 9.59 Å². The van der Waals surface area contributed by atoms with Gasteiger partial charge in [-0.3, -0.25) is 9.59 Å². The number of nitrogens with zero attached hydrogens (tertiary/aromatic N) is 1. The summed E-state index contributed by atoms with van der Waals surface area (Å²) in [4.78, 5) is 23.5. The Bertz CT molecular complexity index is 1280. The van der Waals surface area contributed by atoms with E-state index in [4.69, 9.17) is 5.73 Å². The summed E-state index contributed by atoms with van der Waals surface area (Å²) in [5.74, 6) is -0.198. The van der Waals surface area contributed by atoms with E-state index in [9.17, 15) is 9.59 Å². The lowest BCUT2D eigenvalue weighted by molar-refractivity contribution is -0.114. The van der Waals surface area contributed by atoms with Gasteiger partial charge in [0.15, 0.2) is 0 Å². The topological polar surface area (TPSA) is 77.1 Å². The SMILES string of the molecule is CC(=O)Nc1cccc(Cn2c3cc(C(C)C)c[c]c3c3c(C(N)=O)cccc32)c1. The van der Waals surface area contributed by atoms with Crippen molar-refractivity contribution in [3.63, 3.8) is 0 Å². The van der Waals surface area contributed by atoms with Crippen LogP contribution in [0.4, 0.5) is 5.69 Å². The molecule has 3 N–H and O–H groups in total. The molecule has 3 aromatic carbocycles. The number of anilines is 1. The van der Waals surface area contributed by atoms with Gasteiger partial charge in [0.1, 0.15) is 0 Å². The van der Waals surface area contributed by atoms with Crippen LogP contribution in [0.2, 0.25) is 0 Å². The number of aromatic nitrogens is 1. The van der Waals surface area contributed by atoms with Crippen LogP contribution in [0.1, 0.15) is 48.2 Å². The number of nitrogens with one attached hydrogen (secondary N) is 1. The van der Waals surface area contributed by atoms with Gasteiger partial charge in [-0.25, -0.2) is 0 Å². The van der Waals surface area contributed by atoms with Crippen molar-refractivity contribution in [1.82, 2.24) is 4.57 Å². The average molecular weight is 398 g/mol. The van der Waals surface area contributed by atoms with Crippen LogP contribution in [0.3, 0.4) is 0 Å². The Morgan fingerprint density at radius 2 is 1.87 bits per heavy atom. The fraction of sp³-hybridized carbons (Fsp3) is 0.200. The first-order chi connectivity index (χ1) is 14.3. The van der Waals surface area contributed by atoms with Gasteiger partial charge < -0.3 is 15.6 Å². The second-order valence-electron chi connectivity index (χ2n) is 7.88. The van der Waals surface area contributed by atoms with Crippen LogP contribution in [0.15, 0.2) is 54.6 Å². The molecular formula is C25H24N3O2. The van der Waals surface area contributed by atoms with E-state index in [1.165, 1.54) is 12.5 Å². The lowest BCUT2D eigenvalue weighted by Gasteiger charge is -2.11. The third-order valence-electron chi connectivity index (χ3n) is 5.34. The smallest absolute Gasteiger partial charge is 0.249 e. The minimum Gasteiger partial charge on any atom is -0.366 e. The molecule has 0 atom stereocenters. The highest BCUT2D eigenvalue weighted by atomic mass is 16.1. The highest BCUT2D eigenvalue weighted by Crippen LogP contribution is 2.34.